The predicted octanol–water partition coefficient (Wildman–Crippen LogP) is 2.17. The number of halogens is 1. The van der Waals surface area contributed by atoms with E-state index in [0.717, 1.165) is 0 Å². The average molecular weight is 303 g/mol. The Morgan fingerprint density at radius 3 is 2.32 bits per heavy atom. The zero-order chi connectivity index (χ0) is 15.9. The number of ether oxygens (including phenoxy) is 2. The van der Waals surface area contributed by atoms with E-state index in [1.165, 1.54) is 31.4 Å². The maximum Gasteiger partial charge on any atom is 0.330 e. The molecule has 5 nitrogen and oxygen atoms in total. The number of rotatable bonds is 5. The first-order chi connectivity index (χ1) is 10.6. The molecule has 2 rings (SSSR count). The van der Waals surface area contributed by atoms with E-state index in [1.54, 1.807) is 24.3 Å². The van der Waals surface area contributed by atoms with Gasteiger partial charge in [0.1, 0.15) is 12.4 Å². The van der Waals surface area contributed by atoms with E-state index in [9.17, 15) is 14.0 Å². The summed E-state index contributed by atoms with van der Waals surface area (Å²) in [7, 11) is 1.46. The van der Waals surface area contributed by atoms with Crippen molar-refractivity contribution in [1.82, 2.24) is 5.32 Å². The van der Waals surface area contributed by atoms with Gasteiger partial charge < -0.3 is 14.8 Å². The van der Waals surface area contributed by atoms with Gasteiger partial charge in [-0.25, -0.2) is 9.18 Å². The number of benzene rings is 2. The minimum absolute atomic E-state index is 0.256. The molecule has 0 radical (unpaired) electrons. The first-order valence-corrected chi connectivity index (χ1v) is 6.47. The molecule has 1 N–H and O–H groups in total. The predicted molar refractivity (Wildman–Crippen MR) is 77.4 cm³/mol. The molecule has 1 amide bonds. The van der Waals surface area contributed by atoms with Gasteiger partial charge in [0.05, 0.1) is 7.11 Å². The molecule has 0 aliphatic rings. The summed E-state index contributed by atoms with van der Waals surface area (Å²) in [6.07, 6.45) is 0. The van der Waals surface area contributed by atoms with Gasteiger partial charge in [0.25, 0.3) is 5.91 Å². The number of hydrogen-bond acceptors (Lipinski definition) is 4. The molecule has 0 atom stereocenters. The number of hydrogen-bond donors (Lipinski definition) is 1. The molecule has 0 bridgehead atoms. The molecule has 6 heteroatoms. The van der Waals surface area contributed by atoms with Gasteiger partial charge in [0.2, 0.25) is 0 Å². The van der Waals surface area contributed by atoms with Crippen LogP contribution in [0, 0.1) is 5.82 Å². The van der Waals surface area contributed by atoms with Crippen molar-refractivity contribution in [2.75, 3.05) is 13.7 Å². The van der Waals surface area contributed by atoms with E-state index in [-0.39, 0.29) is 17.9 Å². The van der Waals surface area contributed by atoms with Crippen molar-refractivity contribution in [2.45, 2.75) is 0 Å². The van der Waals surface area contributed by atoms with Crippen LogP contribution < -0.4 is 14.8 Å². The summed E-state index contributed by atoms with van der Waals surface area (Å²) >= 11 is 0. The van der Waals surface area contributed by atoms with E-state index in [4.69, 9.17) is 9.47 Å². The van der Waals surface area contributed by atoms with Crippen molar-refractivity contribution in [1.29, 1.82) is 0 Å². The largest absolute Gasteiger partial charge is 0.493 e. The summed E-state index contributed by atoms with van der Waals surface area (Å²) in [6.45, 7) is -0.311. The Labute approximate surface area is 126 Å². The van der Waals surface area contributed by atoms with Crippen LogP contribution in [0.2, 0.25) is 0 Å². The second-order valence-corrected chi connectivity index (χ2v) is 4.31. The maximum atomic E-state index is 12.8. The molecule has 0 spiro atoms. The van der Waals surface area contributed by atoms with Crippen molar-refractivity contribution in [2.24, 2.45) is 0 Å². The zero-order valence-electron chi connectivity index (χ0n) is 11.8. The van der Waals surface area contributed by atoms with Crippen LogP contribution in [-0.2, 0) is 4.79 Å². The number of carbonyl (C=O) groups is 2. The van der Waals surface area contributed by atoms with Gasteiger partial charge in [-0.3, -0.25) is 4.79 Å². The second kappa shape index (κ2) is 7.21. The van der Waals surface area contributed by atoms with E-state index in [2.05, 4.69) is 5.32 Å². The highest BCUT2D eigenvalue weighted by molar-refractivity contribution is 5.96. The van der Waals surface area contributed by atoms with Gasteiger partial charge >= 0.3 is 5.97 Å². The lowest BCUT2D eigenvalue weighted by Gasteiger charge is -2.09. The SMILES string of the molecule is COc1ccccc1OC(=O)CNC(=O)c1ccc(F)cc1. The van der Waals surface area contributed by atoms with Gasteiger partial charge in [0, 0.05) is 5.56 Å². The fourth-order valence-corrected chi connectivity index (χ4v) is 1.72. The number of methoxy groups -OCH3 is 1. The Hall–Kier alpha value is -2.89. The minimum atomic E-state index is -0.639. The Kier molecular flexibility index (Phi) is 5.08. The normalized spacial score (nSPS) is 9.91. The third-order valence-electron chi connectivity index (χ3n) is 2.79. The standard InChI is InChI=1S/C16H14FNO4/c1-21-13-4-2-3-5-14(13)22-15(19)10-18-16(20)11-6-8-12(17)9-7-11/h2-9H,10H2,1H3,(H,18,20). The highest BCUT2D eigenvalue weighted by Crippen LogP contribution is 2.25. The molecule has 0 saturated carbocycles. The van der Waals surface area contributed by atoms with E-state index >= 15 is 0 Å². The lowest BCUT2D eigenvalue weighted by Crippen LogP contribution is -2.31. The molecule has 114 valence electrons. The monoisotopic (exact) mass is 303 g/mol. The molecule has 0 heterocycles. The second-order valence-electron chi connectivity index (χ2n) is 4.31. The number of para-hydroxylation sites is 2. The highest BCUT2D eigenvalue weighted by Gasteiger charge is 2.12. The molecule has 22 heavy (non-hydrogen) atoms. The third kappa shape index (κ3) is 4.05. The van der Waals surface area contributed by atoms with Crippen LogP contribution in [0.3, 0.4) is 0 Å². The summed E-state index contributed by atoms with van der Waals surface area (Å²) < 4.78 is 22.9. The van der Waals surface area contributed by atoms with Crippen LogP contribution in [0.4, 0.5) is 4.39 Å². The van der Waals surface area contributed by atoms with Gasteiger partial charge in [0.15, 0.2) is 11.5 Å². The van der Waals surface area contributed by atoms with Crippen LogP contribution in [0.25, 0.3) is 0 Å². The number of amides is 1. The van der Waals surface area contributed by atoms with Crippen molar-refractivity contribution >= 4 is 11.9 Å². The summed E-state index contributed by atoms with van der Waals surface area (Å²) in [5, 5.41) is 2.40. The number of esters is 1. The van der Waals surface area contributed by atoms with Crippen molar-refractivity contribution < 1.29 is 23.5 Å². The van der Waals surface area contributed by atoms with E-state index in [0.29, 0.717) is 5.75 Å². The molecule has 0 saturated heterocycles. The first-order valence-electron chi connectivity index (χ1n) is 6.47. The van der Waals surface area contributed by atoms with E-state index in [1.807, 2.05) is 0 Å². The van der Waals surface area contributed by atoms with Crippen LogP contribution in [-0.4, -0.2) is 25.5 Å². The molecule has 0 unspecified atom stereocenters. The van der Waals surface area contributed by atoms with Crippen molar-refractivity contribution in [3.8, 4) is 11.5 Å². The molecular formula is C16H14FNO4. The Balaban J connectivity index is 1.90. The van der Waals surface area contributed by atoms with Gasteiger partial charge in [-0.2, -0.15) is 0 Å². The first kappa shape index (κ1) is 15.5. The Morgan fingerprint density at radius 2 is 1.68 bits per heavy atom. The molecular weight excluding hydrogens is 289 g/mol. The lowest BCUT2D eigenvalue weighted by atomic mass is 10.2. The molecule has 0 aliphatic heterocycles. The lowest BCUT2D eigenvalue weighted by molar-refractivity contribution is -0.133. The van der Waals surface area contributed by atoms with Gasteiger partial charge in [-0.15, -0.1) is 0 Å². The van der Waals surface area contributed by atoms with Crippen LogP contribution in [0.15, 0.2) is 48.5 Å². The van der Waals surface area contributed by atoms with Gasteiger partial charge in [-0.05, 0) is 36.4 Å². The third-order valence-corrected chi connectivity index (χ3v) is 2.79. The summed E-state index contributed by atoms with van der Waals surface area (Å²) in [6, 6.07) is 11.7. The van der Waals surface area contributed by atoms with Crippen molar-refractivity contribution in [3.63, 3.8) is 0 Å². The van der Waals surface area contributed by atoms with Crippen molar-refractivity contribution in [3.05, 3.63) is 59.9 Å². The molecule has 0 aliphatic carbocycles. The quantitative estimate of drug-likeness (QED) is 0.679. The molecule has 2 aromatic carbocycles. The highest BCUT2D eigenvalue weighted by atomic mass is 19.1. The van der Waals surface area contributed by atoms with Crippen LogP contribution >= 0.6 is 0 Å². The topological polar surface area (TPSA) is 64.6 Å². The zero-order valence-corrected chi connectivity index (χ0v) is 11.8. The van der Waals surface area contributed by atoms with Crippen LogP contribution in [0.1, 0.15) is 10.4 Å². The fourth-order valence-electron chi connectivity index (χ4n) is 1.72. The van der Waals surface area contributed by atoms with Crippen LogP contribution in [0.5, 0.6) is 11.5 Å². The summed E-state index contributed by atoms with van der Waals surface area (Å²) in [5.41, 5.74) is 0.256. The molecule has 2 aromatic rings. The van der Waals surface area contributed by atoms with E-state index < -0.39 is 17.7 Å². The smallest absolute Gasteiger partial charge is 0.330 e. The summed E-state index contributed by atoms with van der Waals surface area (Å²) in [5.74, 6) is -0.879. The maximum absolute atomic E-state index is 12.8. The molecule has 0 aromatic heterocycles. The Bertz CT molecular complexity index is 670. The minimum Gasteiger partial charge on any atom is -0.493 e. The van der Waals surface area contributed by atoms with Gasteiger partial charge in [-0.1, -0.05) is 12.1 Å². The number of nitrogens with one attached hydrogen (secondary N) is 1. The molecule has 0 fully saturated rings. The average Bonchev–Trinajstić information content (AvgIpc) is 2.54. The summed E-state index contributed by atoms with van der Waals surface area (Å²) in [4.78, 5) is 23.5. The number of carbonyl (C=O) groups excluding carboxylic acids is 2. The Morgan fingerprint density at radius 1 is 1.05 bits per heavy atom. The fraction of sp³-hybridized carbons (Fsp3) is 0.125.